The summed E-state index contributed by atoms with van der Waals surface area (Å²) < 4.78 is 15.4. The van der Waals surface area contributed by atoms with Gasteiger partial charge in [0.1, 0.15) is 12.4 Å². The molecule has 5 rings (SSSR count). The van der Waals surface area contributed by atoms with Gasteiger partial charge in [0.15, 0.2) is 0 Å². The molecule has 3 aromatic carbocycles. The number of carbonyl (C=O) groups excluding carboxylic acids is 3. The van der Waals surface area contributed by atoms with Crippen molar-refractivity contribution in [2.75, 3.05) is 11.9 Å². The monoisotopic (exact) mass is 567 g/mol. The van der Waals surface area contributed by atoms with Crippen molar-refractivity contribution in [3.8, 4) is 0 Å². The molecule has 4 aromatic rings. The van der Waals surface area contributed by atoms with Crippen molar-refractivity contribution in [1.82, 2.24) is 9.47 Å². The smallest absolute Gasteiger partial charge is 0.294 e. The van der Waals surface area contributed by atoms with Crippen LogP contribution in [0.15, 0.2) is 71.8 Å². The van der Waals surface area contributed by atoms with Crippen LogP contribution in [0, 0.1) is 12.7 Å². The zero-order valence-corrected chi connectivity index (χ0v) is 22.3. The number of aromatic nitrogens is 1. The molecular formula is C28H20Cl2FN3O3S. The molecule has 0 radical (unpaired) electrons. The fourth-order valence-electron chi connectivity index (χ4n) is 4.19. The molecule has 1 fully saturated rings. The number of hydrogen-bond donors (Lipinski definition) is 1. The van der Waals surface area contributed by atoms with Crippen molar-refractivity contribution < 1.29 is 18.8 Å². The highest BCUT2D eigenvalue weighted by Crippen LogP contribution is 2.34. The number of imide groups is 1. The van der Waals surface area contributed by atoms with Gasteiger partial charge in [-0.15, -0.1) is 0 Å². The molecule has 0 saturated carbocycles. The van der Waals surface area contributed by atoms with Crippen LogP contribution in [0.1, 0.15) is 16.7 Å². The molecule has 6 nitrogen and oxygen atoms in total. The average Bonchev–Trinajstić information content (AvgIpc) is 3.35. The maximum Gasteiger partial charge on any atom is 0.294 e. The first-order chi connectivity index (χ1) is 18.2. The van der Waals surface area contributed by atoms with Crippen molar-refractivity contribution in [2.24, 2.45) is 0 Å². The van der Waals surface area contributed by atoms with Crippen molar-refractivity contribution in [2.45, 2.75) is 13.5 Å². The number of thioether (sulfide) groups is 1. The van der Waals surface area contributed by atoms with E-state index in [2.05, 4.69) is 5.32 Å². The normalized spacial score (nSPS) is 14.6. The number of nitrogens with one attached hydrogen (secondary N) is 1. The van der Waals surface area contributed by atoms with Crippen LogP contribution >= 0.6 is 35.0 Å². The number of benzene rings is 3. The number of para-hydroxylation sites is 1. The minimum Gasteiger partial charge on any atom is -0.342 e. The van der Waals surface area contributed by atoms with Gasteiger partial charge in [-0.05, 0) is 66.2 Å². The van der Waals surface area contributed by atoms with Crippen LogP contribution in [0.2, 0.25) is 10.0 Å². The number of rotatable bonds is 6. The molecule has 0 unspecified atom stereocenters. The third kappa shape index (κ3) is 5.34. The molecule has 1 aliphatic heterocycles. The summed E-state index contributed by atoms with van der Waals surface area (Å²) in [4.78, 5) is 39.5. The van der Waals surface area contributed by atoms with E-state index in [1.807, 2.05) is 42.0 Å². The van der Waals surface area contributed by atoms with E-state index in [9.17, 15) is 18.8 Å². The molecule has 2 heterocycles. The summed E-state index contributed by atoms with van der Waals surface area (Å²) in [5, 5.41) is 3.82. The number of amides is 3. The minimum atomic E-state index is -0.545. The van der Waals surface area contributed by atoms with Crippen LogP contribution < -0.4 is 5.32 Å². The summed E-state index contributed by atoms with van der Waals surface area (Å²) in [5.74, 6) is -1.47. The summed E-state index contributed by atoms with van der Waals surface area (Å²) >= 11 is 13.0. The molecule has 192 valence electrons. The third-order valence-corrected chi connectivity index (χ3v) is 7.61. The standard InChI is InChI=1S/C28H20Cl2FN3O3S/c1-16-6-8-19(29)11-23(16)32-26(35)15-34-27(36)25(38-28(34)37)10-18-14-33(24-5-3-2-4-21(18)24)13-17-7-9-20(31)12-22(17)30/h2-12,14H,13,15H2,1H3,(H,32,35)/b25-10-. The van der Waals surface area contributed by atoms with Crippen LogP contribution in [0.4, 0.5) is 14.9 Å². The topological polar surface area (TPSA) is 71.4 Å². The average molecular weight is 568 g/mol. The van der Waals surface area contributed by atoms with E-state index >= 15 is 0 Å². The third-order valence-electron chi connectivity index (χ3n) is 6.11. The van der Waals surface area contributed by atoms with Crippen LogP contribution in [0.25, 0.3) is 17.0 Å². The molecule has 1 aromatic heterocycles. The zero-order valence-electron chi connectivity index (χ0n) is 20.0. The van der Waals surface area contributed by atoms with Crippen LogP contribution in [0.3, 0.4) is 0 Å². The molecule has 10 heteroatoms. The minimum absolute atomic E-state index is 0.212. The first-order valence-electron chi connectivity index (χ1n) is 11.5. The van der Waals surface area contributed by atoms with Crippen molar-refractivity contribution in [3.05, 3.63) is 104 Å². The second-order valence-electron chi connectivity index (χ2n) is 8.74. The zero-order chi connectivity index (χ0) is 27.0. The fourth-order valence-corrected chi connectivity index (χ4v) is 5.42. The number of fused-ring (bicyclic) bond motifs is 1. The van der Waals surface area contributed by atoms with E-state index in [0.29, 0.717) is 22.3 Å². The van der Waals surface area contributed by atoms with Gasteiger partial charge in [0.05, 0.1) is 4.91 Å². The Morgan fingerprint density at radius 1 is 1.08 bits per heavy atom. The molecule has 0 bridgehead atoms. The summed E-state index contributed by atoms with van der Waals surface area (Å²) in [6.45, 7) is 1.78. The van der Waals surface area contributed by atoms with Gasteiger partial charge in [-0.25, -0.2) is 4.39 Å². The van der Waals surface area contributed by atoms with Gasteiger partial charge in [0.25, 0.3) is 11.1 Å². The lowest BCUT2D eigenvalue weighted by Gasteiger charge is -2.13. The summed E-state index contributed by atoms with van der Waals surface area (Å²) in [6.07, 6.45) is 3.50. The largest absolute Gasteiger partial charge is 0.342 e. The number of halogens is 3. The van der Waals surface area contributed by atoms with Gasteiger partial charge in [-0.2, -0.15) is 0 Å². The van der Waals surface area contributed by atoms with Crippen LogP contribution in [-0.2, 0) is 16.1 Å². The maximum atomic E-state index is 13.5. The Kier molecular flexibility index (Phi) is 7.29. The number of carbonyl (C=O) groups is 3. The molecule has 0 spiro atoms. The molecule has 0 atom stereocenters. The maximum absolute atomic E-state index is 13.5. The lowest BCUT2D eigenvalue weighted by molar-refractivity contribution is -0.127. The lowest BCUT2D eigenvalue weighted by Crippen LogP contribution is -2.36. The first-order valence-corrected chi connectivity index (χ1v) is 13.1. The second-order valence-corrected chi connectivity index (χ2v) is 10.6. The van der Waals surface area contributed by atoms with Crippen molar-refractivity contribution in [3.63, 3.8) is 0 Å². The molecule has 1 aliphatic rings. The Morgan fingerprint density at radius 2 is 1.87 bits per heavy atom. The van der Waals surface area contributed by atoms with Gasteiger partial charge in [0, 0.05) is 44.9 Å². The van der Waals surface area contributed by atoms with E-state index in [0.717, 1.165) is 44.3 Å². The Bertz CT molecular complexity index is 1650. The van der Waals surface area contributed by atoms with E-state index in [1.54, 1.807) is 30.3 Å². The number of hydrogen-bond acceptors (Lipinski definition) is 4. The Balaban J connectivity index is 1.38. The second kappa shape index (κ2) is 10.6. The lowest BCUT2D eigenvalue weighted by atomic mass is 10.1. The molecule has 1 saturated heterocycles. The molecule has 3 amide bonds. The number of aryl methyl sites for hydroxylation is 1. The molecule has 38 heavy (non-hydrogen) atoms. The quantitative estimate of drug-likeness (QED) is 0.252. The Labute approximate surface area is 232 Å². The van der Waals surface area contributed by atoms with Gasteiger partial charge in [0.2, 0.25) is 5.91 Å². The molecule has 1 N–H and O–H groups in total. The van der Waals surface area contributed by atoms with E-state index in [-0.39, 0.29) is 4.91 Å². The van der Waals surface area contributed by atoms with Gasteiger partial charge >= 0.3 is 0 Å². The van der Waals surface area contributed by atoms with Crippen molar-refractivity contribution >= 4 is 74.7 Å². The SMILES string of the molecule is Cc1ccc(Cl)cc1NC(=O)CN1C(=O)S/C(=C\c2cn(Cc3ccc(F)cc3Cl)c3ccccc23)C1=O. The predicted octanol–water partition coefficient (Wildman–Crippen LogP) is 7.12. The molecule has 0 aliphatic carbocycles. The van der Waals surface area contributed by atoms with Crippen LogP contribution in [-0.4, -0.2) is 33.1 Å². The first kappa shape index (κ1) is 26.0. The van der Waals surface area contributed by atoms with Crippen LogP contribution in [0.5, 0.6) is 0 Å². The number of anilines is 1. The summed E-state index contributed by atoms with van der Waals surface area (Å²) in [7, 11) is 0. The number of nitrogens with zero attached hydrogens (tertiary/aromatic N) is 2. The molecular weight excluding hydrogens is 548 g/mol. The highest BCUT2D eigenvalue weighted by atomic mass is 35.5. The van der Waals surface area contributed by atoms with E-state index < -0.39 is 29.4 Å². The highest BCUT2D eigenvalue weighted by Gasteiger charge is 2.36. The van der Waals surface area contributed by atoms with E-state index in [4.69, 9.17) is 23.2 Å². The van der Waals surface area contributed by atoms with Crippen molar-refractivity contribution in [1.29, 1.82) is 0 Å². The summed E-state index contributed by atoms with van der Waals surface area (Å²) in [6, 6.07) is 16.9. The predicted molar refractivity (Wildman–Crippen MR) is 150 cm³/mol. The van der Waals surface area contributed by atoms with E-state index in [1.165, 1.54) is 12.1 Å². The summed E-state index contributed by atoms with van der Waals surface area (Å²) in [5.41, 5.74) is 3.66. The fraction of sp³-hybridized carbons (Fsp3) is 0.107. The van der Waals surface area contributed by atoms with Gasteiger partial charge in [-0.1, -0.05) is 53.5 Å². The van der Waals surface area contributed by atoms with Gasteiger partial charge < -0.3 is 9.88 Å². The Hall–Kier alpha value is -3.59. The Morgan fingerprint density at radius 3 is 2.66 bits per heavy atom. The van der Waals surface area contributed by atoms with Gasteiger partial charge in [-0.3, -0.25) is 19.3 Å². The highest BCUT2D eigenvalue weighted by molar-refractivity contribution is 8.18.